The van der Waals surface area contributed by atoms with E-state index in [4.69, 9.17) is 4.74 Å². The lowest BCUT2D eigenvalue weighted by atomic mass is 9.99. The lowest BCUT2D eigenvalue weighted by molar-refractivity contribution is 0.0982. The predicted molar refractivity (Wildman–Crippen MR) is 107 cm³/mol. The minimum atomic E-state index is 0.0319. The molecule has 3 aromatic rings. The summed E-state index contributed by atoms with van der Waals surface area (Å²) in [6.45, 7) is 1.82. The van der Waals surface area contributed by atoms with Gasteiger partial charge in [-0.1, -0.05) is 12.1 Å². The monoisotopic (exact) mass is 376 g/mol. The first-order valence-electron chi connectivity index (χ1n) is 9.61. The molecule has 0 unspecified atom stereocenters. The van der Waals surface area contributed by atoms with E-state index >= 15 is 0 Å². The van der Waals surface area contributed by atoms with E-state index in [9.17, 15) is 4.79 Å². The Bertz CT molecular complexity index is 946. The molecule has 6 heteroatoms. The van der Waals surface area contributed by atoms with Crippen molar-refractivity contribution in [3.8, 4) is 16.9 Å². The lowest BCUT2D eigenvalue weighted by Crippen LogP contribution is -2.37. The molecule has 1 saturated heterocycles. The van der Waals surface area contributed by atoms with Crippen molar-refractivity contribution in [1.82, 2.24) is 20.1 Å². The van der Waals surface area contributed by atoms with Crippen molar-refractivity contribution in [3.05, 3.63) is 66.2 Å². The Morgan fingerprint density at radius 2 is 2.21 bits per heavy atom. The molecule has 0 saturated carbocycles. The SMILES string of the molecule is Cn1cc(-c2ccc(C(=O)Cc3cccnc3)c(O[C@@H]3CCCNC3)c2)cn1. The average molecular weight is 376 g/mol. The Balaban J connectivity index is 1.64. The van der Waals surface area contributed by atoms with Gasteiger partial charge < -0.3 is 10.1 Å². The standard InChI is InChI=1S/C22H24N4O2/c1-26-15-18(13-25-26)17-6-7-20(21(27)10-16-4-2-8-23-12-16)22(11-17)28-19-5-3-9-24-14-19/h2,4,6-8,11-13,15,19,24H,3,5,9-10,14H2,1H3/t19-/m1/s1. The molecule has 1 atom stereocenters. The lowest BCUT2D eigenvalue weighted by Gasteiger charge is -2.25. The summed E-state index contributed by atoms with van der Waals surface area (Å²) in [5, 5.41) is 7.61. The zero-order chi connectivity index (χ0) is 19.3. The molecule has 1 aliphatic heterocycles. The number of piperidine rings is 1. The maximum Gasteiger partial charge on any atom is 0.171 e. The number of benzene rings is 1. The fourth-order valence-corrected chi connectivity index (χ4v) is 3.48. The summed E-state index contributed by atoms with van der Waals surface area (Å²) in [5.74, 6) is 0.674. The van der Waals surface area contributed by atoms with Gasteiger partial charge in [0.05, 0.1) is 11.8 Å². The number of nitrogens with one attached hydrogen (secondary N) is 1. The number of hydrogen-bond donors (Lipinski definition) is 1. The molecular formula is C22H24N4O2. The second-order valence-corrected chi connectivity index (χ2v) is 7.16. The molecule has 3 heterocycles. The van der Waals surface area contributed by atoms with Gasteiger partial charge in [0, 0.05) is 44.2 Å². The predicted octanol–water partition coefficient (Wildman–Crippen LogP) is 3.04. The highest BCUT2D eigenvalue weighted by atomic mass is 16.5. The van der Waals surface area contributed by atoms with Gasteiger partial charge in [-0.15, -0.1) is 0 Å². The molecule has 0 amide bonds. The Kier molecular flexibility index (Phi) is 5.48. The first kappa shape index (κ1) is 18.4. The van der Waals surface area contributed by atoms with Crippen LogP contribution in [0.15, 0.2) is 55.1 Å². The van der Waals surface area contributed by atoms with Gasteiger partial charge in [-0.3, -0.25) is 14.5 Å². The maximum atomic E-state index is 13.0. The molecule has 1 N–H and O–H groups in total. The van der Waals surface area contributed by atoms with Crippen LogP contribution >= 0.6 is 0 Å². The van der Waals surface area contributed by atoms with E-state index in [2.05, 4.69) is 15.4 Å². The molecule has 1 aromatic carbocycles. The van der Waals surface area contributed by atoms with Gasteiger partial charge >= 0.3 is 0 Å². The van der Waals surface area contributed by atoms with Gasteiger partial charge in [0.2, 0.25) is 0 Å². The smallest absolute Gasteiger partial charge is 0.171 e. The summed E-state index contributed by atoms with van der Waals surface area (Å²) in [6.07, 6.45) is 9.65. The first-order chi connectivity index (χ1) is 13.7. The summed E-state index contributed by atoms with van der Waals surface area (Å²) in [4.78, 5) is 17.1. The van der Waals surface area contributed by atoms with Crippen molar-refractivity contribution >= 4 is 5.78 Å². The van der Waals surface area contributed by atoms with Gasteiger partial charge in [-0.25, -0.2) is 0 Å². The van der Waals surface area contributed by atoms with Crippen LogP contribution in [0.5, 0.6) is 5.75 Å². The number of Topliss-reactive ketones (excluding diaryl/α,β-unsaturated/α-hetero) is 1. The number of aryl methyl sites for hydroxylation is 1. The fraction of sp³-hybridized carbons (Fsp3) is 0.318. The van der Waals surface area contributed by atoms with Crippen LogP contribution in [-0.4, -0.2) is 39.7 Å². The van der Waals surface area contributed by atoms with Crippen molar-refractivity contribution in [2.24, 2.45) is 7.05 Å². The van der Waals surface area contributed by atoms with Gasteiger partial charge in [-0.05, 0) is 48.7 Å². The summed E-state index contributed by atoms with van der Waals surface area (Å²) in [5.41, 5.74) is 3.50. The van der Waals surface area contributed by atoms with Crippen LogP contribution in [0.3, 0.4) is 0 Å². The van der Waals surface area contributed by atoms with E-state index in [0.717, 1.165) is 42.6 Å². The van der Waals surface area contributed by atoms with E-state index in [1.807, 2.05) is 49.8 Å². The van der Waals surface area contributed by atoms with Crippen molar-refractivity contribution in [1.29, 1.82) is 0 Å². The van der Waals surface area contributed by atoms with Gasteiger partial charge in [-0.2, -0.15) is 5.10 Å². The van der Waals surface area contributed by atoms with Crippen LogP contribution in [-0.2, 0) is 13.5 Å². The third-order valence-electron chi connectivity index (χ3n) is 4.95. The zero-order valence-corrected chi connectivity index (χ0v) is 16.0. The molecule has 4 rings (SSSR count). The van der Waals surface area contributed by atoms with Crippen molar-refractivity contribution in [2.75, 3.05) is 13.1 Å². The minimum Gasteiger partial charge on any atom is -0.488 e. The highest BCUT2D eigenvalue weighted by Crippen LogP contribution is 2.29. The molecule has 0 radical (unpaired) electrons. The first-order valence-corrected chi connectivity index (χ1v) is 9.61. The molecule has 0 bridgehead atoms. The normalized spacial score (nSPS) is 16.7. The zero-order valence-electron chi connectivity index (χ0n) is 16.0. The van der Waals surface area contributed by atoms with Crippen LogP contribution in [0, 0.1) is 0 Å². The van der Waals surface area contributed by atoms with E-state index in [-0.39, 0.29) is 11.9 Å². The average Bonchev–Trinajstić information content (AvgIpc) is 3.16. The topological polar surface area (TPSA) is 69.0 Å². The molecule has 6 nitrogen and oxygen atoms in total. The molecule has 1 fully saturated rings. The third kappa shape index (κ3) is 4.28. The van der Waals surface area contributed by atoms with E-state index < -0.39 is 0 Å². The number of rotatable bonds is 6. The second-order valence-electron chi connectivity index (χ2n) is 7.16. The van der Waals surface area contributed by atoms with Crippen molar-refractivity contribution in [3.63, 3.8) is 0 Å². The largest absolute Gasteiger partial charge is 0.488 e. The summed E-state index contributed by atoms with van der Waals surface area (Å²) in [7, 11) is 1.89. The van der Waals surface area contributed by atoms with Crippen molar-refractivity contribution in [2.45, 2.75) is 25.4 Å². The Morgan fingerprint density at radius 3 is 2.93 bits per heavy atom. The van der Waals surface area contributed by atoms with Crippen LogP contribution < -0.4 is 10.1 Å². The Labute approximate surface area is 164 Å². The number of aromatic nitrogens is 3. The molecule has 28 heavy (non-hydrogen) atoms. The molecule has 0 spiro atoms. The number of carbonyl (C=O) groups is 1. The summed E-state index contributed by atoms with van der Waals surface area (Å²) >= 11 is 0. The number of nitrogens with zero attached hydrogens (tertiary/aromatic N) is 3. The Hall–Kier alpha value is -2.99. The fourth-order valence-electron chi connectivity index (χ4n) is 3.48. The van der Waals surface area contributed by atoms with Crippen LogP contribution in [0.4, 0.5) is 0 Å². The summed E-state index contributed by atoms with van der Waals surface area (Å²) in [6, 6.07) is 9.55. The number of ketones is 1. The molecule has 144 valence electrons. The molecule has 0 aliphatic carbocycles. The Morgan fingerprint density at radius 1 is 1.29 bits per heavy atom. The highest BCUT2D eigenvalue weighted by molar-refractivity contribution is 6.00. The van der Waals surface area contributed by atoms with E-state index in [1.54, 1.807) is 17.1 Å². The molecule has 2 aromatic heterocycles. The van der Waals surface area contributed by atoms with E-state index in [1.165, 1.54) is 0 Å². The van der Waals surface area contributed by atoms with Crippen LogP contribution in [0.1, 0.15) is 28.8 Å². The molecular weight excluding hydrogens is 352 g/mol. The number of pyridine rings is 1. The quantitative estimate of drug-likeness (QED) is 0.670. The van der Waals surface area contributed by atoms with Crippen LogP contribution in [0.25, 0.3) is 11.1 Å². The van der Waals surface area contributed by atoms with Gasteiger partial charge in [0.15, 0.2) is 5.78 Å². The number of hydrogen-bond acceptors (Lipinski definition) is 5. The highest BCUT2D eigenvalue weighted by Gasteiger charge is 2.20. The van der Waals surface area contributed by atoms with Gasteiger partial charge in [0.1, 0.15) is 11.9 Å². The number of ether oxygens (including phenoxy) is 1. The maximum absolute atomic E-state index is 13.0. The van der Waals surface area contributed by atoms with Gasteiger partial charge in [0.25, 0.3) is 0 Å². The summed E-state index contributed by atoms with van der Waals surface area (Å²) < 4.78 is 8.05. The third-order valence-corrected chi connectivity index (χ3v) is 4.95. The molecule has 1 aliphatic rings. The number of carbonyl (C=O) groups excluding carboxylic acids is 1. The second kappa shape index (κ2) is 8.35. The van der Waals surface area contributed by atoms with Crippen LogP contribution in [0.2, 0.25) is 0 Å². The van der Waals surface area contributed by atoms with E-state index in [0.29, 0.717) is 17.7 Å². The minimum absolute atomic E-state index is 0.0319. The van der Waals surface area contributed by atoms with Crippen molar-refractivity contribution < 1.29 is 9.53 Å².